The molecule has 3 aromatic rings. The Hall–Kier alpha value is -2.20. The quantitative estimate of drug-likeness (QED) is 0.581. The molecule has 27 heavy (non-hydrogen) atoms. The zero-order chi connectivity index (χ0) is 18.6. The van der Waals surface area contributed by atoms with Crippen molar-refractivity contribution in [3.8, 4) is 5.69 Å². The van der Waals surface area contributed by atoms with Crippen molar-refractivity contribution in [2.75, 3.05) is 11.1 Å². The largest absolute Gasteiger partial charge is 0.323 e. The molecular weight excluding hydrogens is 430 g/mol. The van der Waals surface area contributed by atoms with Gasteiger partial charge in [-0.15, -0.1) is 5.10 Å². The first-order chi connectivity index (χ1) is 13.2. The van der Waals surface area contributed by atoms with Gasteiger partial charge in [-0.1, -0.05) is 36.7 Å². The summed E-state index contributed by atoms with van der Waals surface area (Å²) < 4.78 is 4.45. The Bertz CT molecular complexity index is 935. The lowest BCUT2D eigenvalue weighted by Crippen LogP contribution is -2.17. The van der Waals surface area contributed by atoms with Gasteiger partial charge in [0.05, 0.1) is 33.8 Å². The molecule has 1 aromatic carbocycles. The van der Waals surface area contributed by atoms with E-state index in [2.05, 4.69) is 41.9 Å². The van der Waals surface area contributed by atoms with Crippen LogP contribution in [0.25, 0.3) is 5.69 Å². The minimum absolute atomic E-state index is 0.111. The van der Waals surface area contributed by atoms with Crippen LogP contribution < -0.4 is 5.32 Å². The van der Waals surface area contributed by atoms with Gasteiger partial charge in [0.25, 0.3) is 0 Å². The Labute approximate surface area is 168 Å². The Morgan fingerprint density at radius 3 is 2.89 bits per heavy atom. The molecule has 10 heteroatoms. The summed E-state index contributed by atoms with van der Waals surface area (Å²) in [6, 6.07) is 7.90. The maximum absolute atomic E-state index is 12.5. The minimum Gasteiger partial charge on any atom is -0.323 e. The molecule has 0 atom stereocenters. The highest BCUT2D eigenvalue weighted by Gasteiger charge is 2.22. The molecule has 0 aliphatic heterocycles. The van der Waals surface area contributed by atoms with Gasteiger partial charge in [0.15, 0.2) is 0 Å². The van der Waals surface area contributed by atoms with Crippen molar-refractivity contribution in [1.82, 2.24) is 30.0 Å². The lowest BCUT2D eigenvalue weighted by molar-refractivity contribution is -0.113. The summed E-state index contributed by atoms with van der Waals surface area (Å²) >= 11 is 4.75. The monoisotopic (exact) mass is 447 g/mol. The van der Waals surface area contributed by atoms with Crippen molar-refractivity contribution in [3.63, 3.8) is 0 Å². The molecule has 1 aliphatic rings. The summed E-state index contributed by atoms with van der Waals surface area (Å²) in [7, 11) is 0. The molecule has 0 unspecified atom stereocenters. The van der Waals surface area contributed by atoms with Crippen LogP contribution in [0.1, 0.15) is 31.7 Å². The molecule has 4 rings (SSSR count). The van der Waals surface area contributed by atoms with Gasteiger partial charge in [0.1, 0.15) is 0 Å². The Morgan fingerprint density at radius 2 is 2.11 bits per heavy atom. The summed E-state index contributed by atoms with van der Waals surface area (Å²) in [5.74, 6) is 0.129. The summed E-state index contributed by atoms with van der Waals surface area (Å²) in [4.78, 5) is 12.5. The molecule has 1 aliphatic carbocycles. The SMILES string of the molecule is O=C(CSc1nnnn1C1CCCC1)Nc1ccccc1-n1cc(Br)cn1. The fraction of sp³-hybridized carbons (Fsp3) is 0.353. The van der Waals surface area contributed by atoms with E-state index in [1.807, 2.05) is 35.1 Å². The van der Waals surface area contributed by atoms with Crippen molar-refractivity contribution in [2.45, 2.75) is 36.9 Å². The standard InChI is InChI=1S/C17H18BrN7OS/c18-12-9-19-24(10-12)15-8-4-3-7-14(15)20-16(26)11-27-17-21-22-23-25(17)13-5-1-2-6-13/h3-4,7-10,13H,1-2,5-6,11H2,(H,20,26). The first kappa shape index (κ1) is 18.2. The molecule has 1 N–H and O–H groups in total. The van der Waals surface area contributed by atoms with Crippen LogP contribution in [0.15, 0.2) is 46.3 Å². The Balaban J connectivity index is 1.42. The van der Waals surface area contributed by atoms with Crippen LogP contribution in [0.4, 0.5) is 5.69 Å². The highest BCUT2D eigenvalue weighted by molar-refractivity contribution is 9.10. The average molecular weight is 448 g/mol. The lowest BCUT2D eigenvalue weighted by atomic mass is 10.2. The summed E-state index contributed by atoms with van der Waals surface area (Å²) in [5.41, 5.74) is 1.51. The van der Waals surface area contributed by atoms with E-state index in [9.17, 15) is 4.79 Å². The number of anilines is 1. The van der Waals surface area contributed by atoms with Gasteiger partial charge in [-0.2, -0.15) is 5.10 Å². The number of hydrogen-bond acceptors (Lipinski definition) is 6. The van der Waals surface area contributed by atoms with Crippen LogP contribution in [0, 0.1) is 0 Å². The first-order valence-electron chi connectivity index (χ1n) is 8.71. The van der Waals surface area contributed by atoms with E-state index in [-0.39, 0.29) is 11.7 Å². The molecule has 2 aromatic heterocycles. The lowest BCUT2D eigenvalue weighted by Gasteiger charge is -2.12. The second-order valence-corrected chi connectivity index (χ2v) is 8.16. The smallest absolute Gasteiger partial charge is 0.234 e. The normalized spacial score (nSPS) is 14.6. The molecule has 140 valence electrons. The van der Waals surface area contributed by atoms with E-state index < -0.39 is 0 Å². The van der Waals surface area contributed by atoms with E-state index in [1.165, 1.54) is 24.6 Å². The Morgan fingerprint density at radius 1 is 1.30 bits per heavy atom. The fourth-order valence-corrected chi connectivity index (χ4v) is 4.22. The molecule has 1 fully saturated rings. The molecule has 0 spiro atoms. The van der Waals surface area contributed by atoms with Crippen LogP contribution >= 0.6 is 27.7 Å². The molecule has 0 radical (unpaired) electrons. The summed E-state index contributed by atoms with van der Waals surface area (Å²) in [6.45, 7) is 0. The van der Waals surface area contributed by atoms with Crippen LogP contribution in [-0.2, 0) is 4.79 Å². The van der Waals surface area contributed by atoms with Gasteiger partial charge in [-0.25, -0.2) is 9.36 Å². The first-order valence-corrected chi connectivity index (χ1v) is 10.5. The number of thioether (sulfide) groups is 1. The van der Waals surface area contributed by atoms with Gasteiger partial charge in [0.2, 0.25) is 11.1 Å². The highest BCUT2D eigenvalue weighted by Crippen LogP contribution is 2.31. The van der Waals surface area contributed by atoms with Crippen molar-refractivity contribution in [3.05, 3.63) is 41.1 Å². The van der Waals surface area contributed by atoms with Gasteiger partial charge in [0, 0.05) is 6.20 Å². The predicted octanol–water partition coefficient (Wildman–Crippen LogP) is 3.47. The second-order valence-electron chi connectivity index (χ2n) is 6.30. The van der Waals surface area contributed by atoms with Crippen LogP contribution in [0.2, 0.25) is 0 Å². The summed E-state index contributed by atoms with van der Waals surface area (Å²) in [6.07, 6.45) is 8.15. The molecule has 1 saturated carbocycles. The third-order valence-electron chi connectivity index (χ3n) is 4.44. The Kier molecular flexibility index (Phi) is 5.53. The maximum Gasteiger partial charge on any atom is 0.234 e. The maximum atomic E-state index is 12.5. The molecule has 1 amide bonds. The van der Waals surface area contributed by atoms with Crippen molar-refractivity contribution in [1.29, 1.82) is 0 Å². The number of aromatic nitrogens is 6. The van der Waals surface area contributed by atoms with Crippen LogP contribution in [0.3, 0.4) is 0 Å². The zero-order valence-corrected chi connectivity index (χ0v) is 16.9. The van der Waals surface area contributed by atoms with E-state index >= 15 is 0 Å². The predicted molar refractivity (Wildman–Crippen MR) is 106 cm³/mol. The second kappa shape index (κ2) is 8.22. The van der Waals surface area contributed by atoms with Gasteiger partial charge >= 0.3 is 0 Å². The van der Waals surface area contributed by atoms with Gasteiger partial charge in [-0.05, 0) is 51.3 Å². The molecule has 8 nitrogen and oxygen atoms in total. The number of tetrazole rings is 1. The molecule has 2 heterocycles. The number of benzene rings is 1. The van der Waals surface area contributed by atoms with Crippen molar-refractivity contribution >= 4 is 39.3 Å². The van der Waals surface area contributed by atoms with E-state index in [0.29, 0.717) is 16.9 Å². The number of rotatable bonds is 6. The number of halogens is 1. The third kappa shape index (κ3) is 4.22. The van der Waals surface area contributed by atoms with Crippen LogP contribution in [-0.4, -0.2) is 41.6 Å². The number of amides is 1. The van der Waals surface area contributed by atoms with Gasteiger partial charge < -0.3 is 5.32 Å². The number of para-hydroxylation sites is 2. The number of carbonyl (C=O) groups excluding carboxylic acids is 1. The highest BCUT2D eigenvalue weighted by atomic mass is 79.9. The molecule has 0 bridgehead atoms. The minimum atomic E-state index is -0.111. The van der Waals surface area contributed by atoms with E-state index in [1.54, 1.807) is 10.9 Å². The zero-order valence-electron chi connectivity index (χ0n) is 14.5. The van der Waals surface area contributed by atoms with E-state index in [0.717, 1.165) is 23.0 Å². The number of hydrogen-bond donors (Lipinski definition) is 1. The van der Waals surface area contributed by atoms with Crippen LogP contribution in [0.5, 0.6) is 0 Å². The summed E-state index contributed by atoms with van der Waals surface area (Å²) in [5, 5.41) is 19.9. The third-order valence-corrected chi connectivity index (χ3v) is 5.78. The topological polar surface area (TPSA) is 90.5 Å². The van der Waals surface area contributed by atoms with E-state index in [4.69, 9.17) is 0 Å². The van der Waals surface area contributed by atoms with Crippen molar-refractivity contribution < 1.29 is 4.79 Å². The van der Waals surface area contributed by atoms with Crippen molar-refractivity contribution in [2.24, 2.45) is 0 Å². The number of nitrogens with zero attached hydrogens (tertiary/aromatic N) is 6. The fourth-order valence-electron chi connectivity index (χ4n) is 3.19. The number of nitrogens with one attached hydrogen (secondary N) is 1. The average Bonchev–Trinajstić information content (AvgIpc) is 3.41. The molecular formula is C17H18BrN7OS. The van der Waals surface area contributed by atoms with Gasteiger partial charge in [-0.3, -0.25) is 4.79 Å². The molecule has 0 saturated heterocycles. The number of carbonyl (C=O) groups is 1.